The van der Waals surface area contributed by atoms with Crippen LogP contribution in [-0.4, -0.2) is 31.0 Å². The highest BCUT2D eigenvalue weighted by molar-refractivity contribution is 7.18. The van der Waals surface area contributed by atoms with Crippen LogP contribution in [-0.2, 0) is 0 Å². The minimum atomic E-state index is -0.169. The number of rotatable bonds is 6. The zero-order valence-corrected chi connectivity index (χ0v) is 11.0. The van der Waals surface area contributed by atoms with Gasteiger partial charge in [-0.15, -0.1) is 6.58 Å². The van der Waals surface area contributed by atoms with E-state index in [1.54, 1.807) is 6.08 Å². The molecule has 0 aliphatic heterocycles. The Morgan fingerprint density at radius 2 is 2.41 bits per heavy atom. The van der Waals surface area contributed by atoms with Crippen LogP contribution >= 0.6 is 11.3 Å². The molecule has 0 bridgehead atoms. The van der Waals surface area contributed by atoms with Crippen molar-refractivity contribution in [2.75, 3.05) is 30.8 Å². The number of hydrogen-bond donors (Lipinski definition) is 2. The first-order valence-corrected chi connectivity index (χ1v) is 6.28. The van der Waals surface area contributed by atoms with E-state index >= 15 is 0 Å². The molecule has 0 unspecified atom stereocenters. The fourth-order valence-electron chi connectivity index (χ4n) is 1.15. The molecule has 5 nitrogen and oxygen atoms in total. The molecule has 0 aliphatic carbocycles. The third kappa shape index (κ3) is 3.45. The molecule has 1 heterocycles. The number of nitrogens with zero attached hydrogens (tertiary/aromatic N) is 2. The lowest BCUT2D eigenvalue weighted by Crippen LogP contribution is -2.24. The van der Waals surface area contributed by atoms with Crippen LogP contribution in [0.5, 0.6) is 0 Å². The number of carbonyl (C=O) groups is 1. The number of nitrogen functional groups attached to an aromatic ring is 1. The Bertz CT molecular complexity index is 402. The predicted molar refractivity (Wildman–Crippen MR) is 72.6 cm³/mol. The Morgan fingerprint density at radius 1 is 1.71 bits per heavy atom. The number of nitrogens with one attached hydrogen (secondary N) is 1. The largest absolute Gasteiger partial charge is 0.382 e. The van der Waals surface area contributed by atoms with E-state index in [-0.39, 0.29) is 5.91 Å². The first kappa shape index (κ1) is 13.5. The molecule has 0 radical (unpaired) electrons. The summed E-state index contributed by atoms with van der Waals surface area (Å²) in [5, 5.41) is 3.54. The highest BCUT2D eigenvalue weighted by Crippen LogP contribution is 2.27. The second-order valence-electron chi connectivity index (χ2n) is 3.56. The molecule has 0 spiro atoms. The summed E-state index contributed by atoms with van der Waals surface area (Å²) in [6.07, 6.45) is 2.50. The van der Waals surface area contributed by atoms with Gasteiger partial charge in [0.05, 0.1) is 0 Å². The number of carbonyl (C=O) groups excluding carboxylic acids is 1. The minimum Gasteiger partial charge on any atom is -0.382 e. The summed E-state index contributed by atoms with van der Waals surface area (Å²) in [5.41, 5.74) is 5.73. The van der Waals surface area contributed by atoms with Gasteiger partial charge in [0.1, 0.15) is 10.7 Å². The third-order valence-electron chi connectivity index (χ3n) is 2.28. The average molecular weight is 254 g/mol. The van der Waals surface area contributed by atoms with Crippen LogP contribution in [0.2, 0.25) is 0 Å². The molecular weight excluding hydrogens is 236 g/mol. The Morgan fingerprint density at radius 3 is 3.00 bits per heavy atom. The zero-order valence-electron chi connectivity index (χ0n) is 10.2. The molecule has 0 aromatic carbocycles. The Balaban J connectivity index is 2.73. The van der Waals surface area contributed by atoms with Crippen molar-refractivity contribution in [2.45, 2.75) is 13.3 Å². The van der Waals surface area contributed by atoms with Gasteiger partial charge in [0, 0.05) is 20.1 Å². The van der Waals surface area contributed by atoms with Crippen LogP contribution in [0.1, 0.15) is 23.0 Å². The lowest BCUT2D eigenvalue weighted by Gasteiger charge is -2.10. The summed E-state index contributed by atoms with van der Waals surface area (Å²) in [4.78, 5) is 18.4. The third-order valence-corrected chi connectivity index (χ3v) is 3.47. The molecule has 17 heavy (non-hydrogen) atoms. The number of anilines is 2. The van der Waals surface area contributed by atoms with Crippen LogP contribution in [0.4, 0.5) is 10.9 Å². The Labute approximate surface area is 105 Å². The highest BCUT2D eigenvalue weighted by Gasteiger charge is 2.16. The molecule has 3 N–H and O–H groups in total. The number of aromatic nitrogens is 1. The molecule has 0 fully saturated rings. The van der Waals surface area contributed by atoms with Crippen LogP contribution in [0.15, 0.2) is 12.7 Å². The number of nitrogens with two attached hydrogens (primary N) is 1. The van der Waals surface area contributed by atoms with Gasteiger partial charge in [0.2, 0.25) is 0 Å². The quantitative estimate of drug-likeness (QED) is 0.596. The van der Waals surface area contributed by atoms with Gasteiger partial charge in [-0.05, 0) is 13.3 Å². The molecule has 0 atom stereocenters. The van der Waals surface area contributed by atoms with E-state index in [2.05, 4.69) is 16.9 Å². The topological polar surface area (TPSA) is 71.2 Å². The molecule has 1 aromatic heterocycles. The van der Waals surface area contributed by atoms with Crippen molar-refractivity contribution < 1.29 is 4.79 Å². The van der Waals surface area contributed by atoms with Gasteiger partial charge < -0.3 is 16.0 Å². The fourth-order valence-corrected chi connectivity index (χ4v) is 2.08. The maximum absolute atomic E-state index is 11.8. The van der Waals surface area contributed by atoms with Crippen molar-refractivity contribution >= 4 is 28.2 Å². The van der Waals surface area contributed by atoms with Gasteiger partial charge in [0.15, 0.2) is 5.13 Å². The molecule has 0 aliphatic rings. The van der Waals surface area contributed by atoms with Gasteiger partial charge in [-0.3, -0.25) is 4.79 Å². The lowest BCUT2D eigenvalue weighted by molar-refractivity contribution is 0.0959. The predicted octanol–water partition coefficient (Wildman–Crippen LogP) is 1.49. The first-order valence-electron chi connectivity index (χ1n) is 5.46. The summed E-state index contributed by atoms with van der Waals surface area (Å²) < 4.78 is 0. The van der Waals surface area contributed by atoms with E-state index < -0.39 is 0 Å². The zero-order chi connectivity index (χ0) is 12.8. The molecule has 6 heteroatoms. The van der Waals surface area contributed by atoms with Crippen LogP contribution in [0, 0.1) is 0 Å². The van der Waals surface area contributed by atoms with Crippen molar-refractivity contribution in [2.24, 2.45) is 0 Å². The molecule has 1 amide bonds. The molecule has 0 saturated carbocycles. The maximum atomic E-state index is 11.8. The molecule has 0 saturated heterocycles. The van der Waals surface area contributed by atoms with Gasteiger partial charge in [-0.25, -0.2) is 4.98 Å². The van der Waals surface area contributed by atoms with Crippen LogP contribution in [0.25, 0.3) is 0 Å². The van der Waals surface area contributed by atoms with Crippen molar-refractivity contribution in [3.05, 3.63) is 17.5 Å². The minimum absolute atomic E-state index is 0.169. The number of amides is 1. The monoisotopic (exact) mass is 254 g/mol. The molecule has 94 valence electrons. The average Bonchev–Trinajstić information content (AvgIpc) is 2.70. The second-order valence-corrected chi connectivity index (χ2v) is 4.54. The van der Waals surface area contributed by atoms with Gasteiger partial charge in [-0.2, -0.15) is 0 Å². The van der Waals surface area contributed by atoms with E-state index in [0.29, 0.717) is 17.2 Å². The first-order chi connectivity index (χ1) is 8.10. The number of thiazole rings is 1. The van der Waals surface area contributed by atoms with E-state index in [1.807, 2.05) is 18.9 Å². The summed E-state index contributed by atoms with van der Waals surface area (Å²) in [6.45, 7) is 7.00. The second kappa shape index (κ2) is 6.24. The molecule has 1 aromatic rings. The lowest BCUT2D eigenvalue weighted by atomic mass is 10.4. The number of hydrogen-bond acceptors (Lipinski definition) is 5. The normalized spacial score (nSPS) is 10.0. The summed E-state index contributed by atoms with van der Waals surface area (Å²) >= 11 is 1.31. The van der Waals surface area contributed by atoms with E-state index in [4.69, 9.17) is 5.73 Å². The smallest absolute Gasteiger partial charge is 0.265 e. The van der Waals surface area contributed by atoms with Crippen molar-refractivity contribution in [1.82, 2.24) is 10.3 Å². The van der Waals surface area contributed by atoms with Gasteiger partial charge in [0.25, 0.3) is 5.91 Å². The van der Waals surface area contributed by atoms with Gasteiger partial charge in [-0.1, -0.05) is 17.4 Å². The van der Waals surface area contributed by atoms with E-state index in [1.165, 1.54) is 11.3 Å². The molecule has 1 rings (SSSR count). The van der Waals surface area contributed by atoms with Crippen molar-refractivity contribution in [3.8, 4) is 0 Å². The summed E-state index contributed by atoms with van der Waals surface area (Å²) in [6, 6.07) is 0. The van der Waals surface area contributed by atoms with Gasteiger partial charge >= 0.3 is 0 Å². The maximum Gasteiger partial charge on any atom is 0.265 e. The Kier molecular flexibility index (Phi) is 4.96. The van der Waals surface area contributed by atoms with E-state index in [0.717, 1.165) is 18.1 Å². The Hall–Kier alpha value is -1.56. The highest BCUT2D eigenvalue weighted by atomic mass is 32.1. The standard InChI is InChI=1S/C11H18N4OS/c1-4-6-7-13-10(16)8-9(12)14-11(17-8)15(3)5-2/h4H,1,5-7,12H2,2-3H3,(H,13,16). The SMILES string of the molecule is C=CCCNC(=O)c1sc(N(C)CC)nc1N. The fraction of sp³-hybridized carbons (Fsp3) is 0.455. The van der Waals surface area contributed by atoms with Crippen molar-refractivity contribution in [3.63, 3.8) is 0 Å². The summed E-state index contributed by atoms with van der Waals surface area (Å²) in [7, 11) is 1.91. The van der Waals surface area contributed by atoms with Crippen molar-refractivity contribution in [1.29, 1.82) is 0 Å². The van der Waals surface area contributed by atoms with Crippen LogP contribution < -0.4 is 16.0 Å². The summed E-state index contributed by atoms with van der Waals surface area (Å²) in [5.74, 6) is 0.124. The van der Waals surface area contributed by atoms with E-state index in [9.17, 15) is 4.79 Å². The molecular formula is C11H18N4OS. The van der Waals surface area contributed by atoms with Crippen LogP contribution in [0.3, 0.4) is 0 Å².